The number of nitrogens with one attached hydrogen (secondary N) is 3. The number of carbonyl (C=O) groups is 3. The average molecular weight is 584 g/mol. The third-order valence-electron chi connectivity index (χ3n) is 5.74. The third kappa shape index (κ3) is 5.25. The Hall–Kier alpha value is -4.02. The standard InChI is InChI=1S/C26H20BrClN4O5/c1-14-8-17(27)3-5-19(14)30-24(33)21-11-16-10-18(28)4-6-20(16)32(21)31-26(35)25(34)29-12-15-2-7-22-23(9-15)37-13-36-22/h2-11H,12-13H2,1H3,(H,29,34)(H,30,33)(H,31,35). The maximum atomic E-state index is 13.2. The van der Waals surface area contributed by atoms with E-state index in [0.29, 0.717) is 33.1 Å². The molecule has 0 saturated carbocycles. The number of benzene rings is 3. The first-order valence-corrected chi connectivity index (χ1v) is 12.3. The van der Waals surface area contributed by atoms with Gasteiger partial charge in [0.15, 0.2) is 11.5 Å². The predicted molar refractivity (Wildman–Crippen MR) is 143 cm³/mol. The van der Waals surface area contributed by atoms with Crippen molar-refractivity contribution in [1.82, 2.24) is 9.99 Å². The van der Waals surface area contributed by atoms with Crippen molar-refractivity contribution in [2.24, 2.45) is 0 Å². The minimum Gasteiger partial charge on any atom is -0.454 e. The molecule has 3 amide bonds. The van der Waals surface area contributed by atoms with Gasteiger partial charge in [-0.3, -0.25) is 19.8 Å². The molecule has 0 unspecified atom stereocenters. The van der Waals surface area contributed by atoms with Crippen LogP contribution in [-0.4, -0.2) is 29.2 Å². The Morgan fingerprint density at radius 1 is 0.973 bits per heavy atom. The molecule has 3 aromatic carbocycles. The minimum absolute atomic E-state index is 0.0983. The smallest absolute Gasteiger partial charge is 0.328 e. The highest BCUT2D eigenvalue weighted by Crippen LogP contribution is 2.32. The zero-order valence-electron chi connectivity index (χ0n) is 19.4. The molecule has 37 heavy (non-hydrogen) atoms. The largest absolute Gasteiger partial charge is 0.454 e. The summed E-state index contributed by atoms with van der Waals surface area (Å²) in [6, 6.07) is 17.2. The first kappa shape index (κ1) is 24.7. The van der Waals surface area contributed by atoms with Gasteiger partial charge in [0.25, 0.3) is 5.91 Å². The third-order valence-corrected chi connectivity index (χ3v) is 6.47. The van der Waals surface area contributed by atoms with E-state index in [2.05, 4.69) is 32.0 Å². The topological polar surface area (TPSA) is 111 Å². The highest BCUT2D eigenvalue weighted by molar-refractivity contribution is 9.10. The Balaban J connectivity index is 1.35. The number of hydrogen-bond donors (Lipinski definition) is 3. The number of anilines is 1. The molecule has 1 aliphatic rings. The molecule has 0 aliphatic carbocycles. The number of rotatable bonds is 5. The van der Waals surface area contributed by atoms with Crippen LogP contribution in [-0.2, 0) is 16.1 Å². The molecule has 11 heteroatoms. The summed E-state index contributed by atoms with van der Waals surface area (Å²) in [5, 5.41) is 6.51. The van der Waals surface area contributed by atoms with Crippen molar-refractivity contribution >= 4 is 61.8 Å². The van der Waals surface area contributed by atoms with Crippen molar-refractivity contribution in [3.05, 3.63) is 87.0 Å². The van der Waals surface area contributed by atoms with Crippen LogP contribution in [0.15, 0.2) is 65.1 Å². The quantitative estimate of drug-likeness (QED) is 0.294. The van der Waals surface area contributed by atoms with Crippen LogP contribution in [0.3, 0.4) is 0 Å². The lowest BCUT2D eigenvalue weighted by Gasteiger charge is -2.14. The van der Waals surface area contributed by atoms with Gasteiger partial charge in [-0.1, -0.05) is 33.6 Å². The van der Waals surface area contributed by atoms with Gasteiger partial charge in [0.05, 0.1) is 5.52 Å². The van der Waals surface area contributed by atoms with Crippen LogP contribution in [0.2, 0.25) is 5.02 Å². The summed E-state index contributed by atoms with van der Waals surface area (Å²) in [7, 11) is 0. The molecule has 0 saturated heterocycles. The molecule has 1 aromatic heterocycles. The monoisotopic (exact) mass is 582 g/mol. The van der Waals surface area contributed by atoms with Gasteiger partial charge in [-0.2, -0.15) is 0 Å². The Bertz CT molecular complexity index is 1570. The number of halogens is 2. The van der Waals surface area contributed by atoms with Crippen molar-refractivity contribution < 1.29 is 23.9 Å². The summed E-state index contributed by atoms with van der Waals surface area (Å²) in [5.41, 5.74) is 5.34. The Morgan fingerprint density at radius 3 is 2.59 bits per heavy atom. The van der Waals surface area contributed by atoms with Crippen molar-refractivity contribution in [1.29, 1.82) is 0 Å². The lowest BCUT2D eigenvalue weighted by molar-refractivity contribution is -0.136. The van der Waals surface area contributed by atoms with E-state index in [4.69, 9.17) is 21.1 Å². The fourth-order valence-electron chi connectivity index (χ4n) is 3.89. The summed E-state index contributed by atoms with van der Waals surface area (Å²) >= 11 is 9.54. The van der Waals surface area contributed by atoms with Gasteiger partial charge in [-0.05, 0) is 72.6 Å². The number of nitrogens with zero attached hydrogens (tertiary/aromatic N) is 1. The molecule has 0 atom stereocenters. The molecule has 0 fully saturated rings. The van der Waals surface area contributed by atoms with Crippen LogP contribution in [0.1, 0.15) is 21.6 Å². The van der Waals surface area contributed by atoms with E-state index in [1.165, 1.54) is 4.68 Å². The molecule has 0 spiro atoms. The molecule has 0 bridgehead atoms. The minimum atomic E-state index is -0.943. The molecule has 188 valence electrons. The fraction of sp³-hybridized carbons (Fsp3) is 0.115. The van der Waals surface area contributed by atoms with E-state index >= 15 is 0 Å². The summed E-state index contributed by atoms with van der Waals surface area (Å²) in [5.74, 6) is -1.09. The number of amides is 3. The van der Waals surface area contributed by atoms with E-state index in [9.17, 15) is 14.4 Å². The van der Waals surface area contributed by atoms with E-state index in [-0.39, 0.29) is 19.0 Å². The second-order valence-corrected chi connectivity index (χ2v) is 9.64. The SMILES string of the molecule is Cc1cc(Br)ccc1NC(=O)c1cc2cc(Cl)ccc2n1NC(=O)C(=O)NCc1ccc2c(c1)OCO2. The molecule has 3 N–H and O–H groups in total. The highest BCUT2D eigenvalue weighted by Gasteiger charge is 2.22. The van der Waals surface area contributed by atoms with E-state index < -0.39 is 17.7 Å². The number of carbonyl (C=O) groups excluding carboxylic acids is 3. The van der Waals surface area contributed by atoms with Crippen molar-refractivity contribution in [3.63, 3.8) is 0 Å². The van der Waals surface area contributed by atoms with Crippen LogP contribution in [0.5, 0.6) is 11.5 Å². The number of fused-ring (bicyclic) bond motifs is 2. The molecular formula is C26H20BrClN4O5. The van der Waals surface area contributed by atoms with Gasteiger partial charge < -0.3 is 20.1 Å². The van der Waals surface area contributed by atoms with E-state index in [1.54, 1.807) is 48.5 Å². The number of aryl methyl sites for hydroxylation is 1. The molecule has 4 aromatic rings. The second-order valence-electron chi connectivity index (χ2n) is 8.29. The summed E-state index contributed by atoms with van der Waals surface area (Å²) < 4.78 is 12.8. The zero-order chi connectivity index (χ0) is 26.1. The first-order valence-electron chi connectivity index (χ1n) is 11.1. The van der Waals surface area contributed by atoms with Gasteiger partial charge in [0.1, 0.15) is 5.69 Å². The first-order chi connectivity index (χ1) is 17.8. The average Bonchev–Trinajstić information content (AvgIpc) is 3.48. The maximum absolute atomic E-state index is 13.2. The number of hydrogen-bond acceptors (Lipinski definition) is 5. The van der Waals surface area contributed by atoms with Crippen LogP contribution >= 0.6 is 27.5 Å². The summed E-state index contributed by atoms with van der Waals surface area (Å²) in [6.07, 6.45) is 0. The fourth-order valence-corrected chi connectivity index (χ4v) is 4.55. The number of ether oxygens (including phenoxy) is 2. The lowest BCUT2D eigenvalue weighted by atomic mass is 10.2. The van der Waals surface area contributed by atoms with E-state index in [1.807, 2.05) is 19.1 Å². The van der Waals surface area contributed by atoms with Crippen molar-refractivity contribution in [3.8, 4) is 11.5 Å². The van der Waals surface area contributed by atoms with Gasteiger partial charge in [0, 0.05) is 27.1 Å². The van der Waals surface area contributed by atoms with Crippen molar-refractivity contribution in [2.45, 2.75) is 13.5 Å². The lowest BCUT2D eigenvalue weighted by Crippen LogP contribution is -2.39. The summed E-state index contributed by atoms with van der Waals surface area (Å²) in [6.45, 7) is 2.10. The van der Waals surface area contributed by atoms with Gasteiger partial charge in [-0.15, -0.1) is 0 Å². The van der Waals surface area contributed by atoms with Crippen molar-refractivity contribution in [2.75, 3.05) is 17.5 Å². The van der Waals surface area contributed by atoms with Gasteiger partial charge in [-0.25, -0.2) is 4.68 Å². The van der Waals surface area contributed by atoms with Crippen LogP contribution in [0.25, 0.3) is 10.9 Å². The second kappa shape index (κ2) is 10.2. The van der Waals surface area contributed by atoms with Gasteiger partial charge in [0.2, 0.25) is 6.79 Å². The highest BCUT2D eigenvalue weighted by atomic mass is 79.9. The van der Waals surface area contributed by atoms with Gasteiger partial charge >= 0.3 is 11.8 Å². The normalized spacial score (nSPS) is 11.9. The summed E-state index contributed by atoms with van der Waals surface area (Å²) in [4.78, 5) is 38.6. The van der Waals surface area contributed by atoms with Crippen LogP contribution in [0, 0.1) is 6.92 Å². The zero-order valence-corrected chi connectivity index (χ0v) is 21.8. The molecule has 0 radical (unpaired) electrons. The van der Waals surface area contributed by atoms with E-state index in [0.717, 1.165) is 15.6 Å². The van der Waals surface area contributed by atoms with Crippen LogP contribution < -0.4 is 25.5 Å². The van der Waals surface area contributed by atoms with Crippen LogP contribution in [0.4, 0.5) is 5.69 Å². The Morgan fingerprint density at radius 2 is 1.78 bits per heavy atom. The number of aromatic nitrogens is 1. The predicted octanol–water partition coefficient (Wildman–Crippen LogP) is 4.73. The Kier molecular flexibility index (Phi) is 6.77. The maximum Gasteiger partial charge on any atom is 0.328 e. The molecule has 9 nitrogen and oxygen atoms in total. The Labute approximate surface area is 224 Å². The molecular weight excluding hydrogens is 564 g/mol. The molecule has 2 heterocycles. The molecule has 5 rings (SSSR count). The molecule has 1 aliphatic heterocycles.